The Balaban J connectivity index is 1.02. The molecule has 0 bridgehead atoms. The fraction of sp³-hybridized carbons (Fsp3) is 0. The Morgan fingerprint density at radius 2 is 0.766 bits per heavy atom. The van der Waals surface area contributed by atoms with E-state index in [2.05, 4.69) is 0 Å². The Hall–Kier alpha value is -5.07. The molecule has 0 radical (unpaired) electrons. The van der Waals surface area contributed by atoms with Gasteiger partial charge in [0.2, 0.25) is 9.84 Å². The first-order valence-electron chi connectivity index (χ1n) is 14.6. The van der Waals surface area contributed by atoms with Crippen molar-refractivity contribution in [1.29, 1.82) is 0 Å². The van der Waals surface area contributed by atoms with E-state index in [1.165, 1.54) is 48.5 Å². The lowest BCUT2D eigenvalue weighted by molar-refractivity contribution is 0.396. The third-order valence-electron chi connectivity index (χ3n) is 7.91. The summed E-state index contributed by atoms with van der Waals surface area (Å²) in [6.45, 7) is 0. The van der Waals surface area contributed by atoms with E-state index in [4.69, 9.17) is 18.1 Å². The van der Waals surface area contributed by atoms with Gasteiger partial charge < -0.3 is 18.1 Å². The van der Waals surface area contributed by atoms with Crippen molar-refractivity contribution < 1.29 is 35.6 Å². The van der Waals surface area contributed by atoms with Crippen LogP contribution in [0.2, 0.25) is 0 Å². The quantitative estimate of drug-likeness (QED) is 0.162. The summed E-state index contributed by atoms with van der Waals surface area (Å²) in [6.07, 6.45) is 0. The fourth-order valence-electron chi connectivity index (χ4n) is 5.68. The normalized spacial score (nSPS) is 19.1. The molecule has 2 atom stereocenters. The minimum absolute atomic E-state index is 0.000974. The Bertz CT molecular complexity index is 2230. The topological polar surface area (TPSA) is 105 Å². The zero-order chi connectivity index (χ0) is 32.2. The molecule has 2 aliphatic rings. The van der Waals surface area contributed by atoms with E-state index in [1.54, 1.807) is 48.5 Å². The number of hydrogen-bond donors (Lipinski definition) is 0. The summed E-state index contributed by atoms with van der Waals surface area (Å²) < 4.78 is 78.7. The number of hydrogen-bond acceptors (Lipinski definition) is 8. The molecule has 0 saturated heterocycles. The largest absolute Gasteiger partial charge is 0.463 e. The lowest BCUT2D eigenvalue weighted by atomic mass is 10.0. The molecule has 0 spiro atoms. The number of sulfone groups is 1. The molecule has 6 aromatic carbocycles. The predicted molar refractivity (Wildman–Crippen MR) is 179 cm³/mol. The summed E-state index contributed by atoms with van der Waals surface area (Å²) in [4.78, 5) is 0.00195. The van der Waals surface area contributed by atoms with E-state index in [-0.39, 0.29) is 21.3 Å². The van der Waals surface area contributed by atoms with Crippen LogP contribution in [0.25, 0.3) is 22.3 Å². The Morgan fingerprint density at radius 3 is 1.17 bits per heavy atom. The average molecular weight is 679 g/mol. The highest BCUT2D eigenvalue weighted by atomic mass is 32.2. The van der Waals surface area contributed by atoms with Crippen molar-refractivity contribution in [2.24, 2.45) is 0 Å². The summed E-state index contributed by atoms with van der Waals surface area (Å²) in [6, 6.07) is 40.2. The standard InChI is InChI=1S/C36H24O8P2S/c37-45(35-15-7-3-11-31(35)29-9-1-5-13-33(29)43-45)41-25-17-21-27(22-18-25)47(39,40)28-23-19-26(20-24-28)42-46(38)36-16-8-4-12-32(36)30-10-2-6-14-34(30)44-46/h1-24H. The highest BCUT2D eigenvalue weighted by molar-refractivity contribution is 7.91. The number of rotatable bonds is 6. The molecule has 11 heteroatoms. The van der Waals surface area contributed by atoms with Crippen LogP contribution >= 0.6 is 15.2 Å². The van der Waals surface area contributed by atoms with Crippen LogP contribution in [0.15, 0.2) is 155 Å². The van der Waals surface area contributed by atoms with E-state index in [0.29, 0.717) is 22.1 Å². The first-order valence-corrected chi connectivity index (χ1v) is 19.1. The molecule has 47 heavy (non-hydrogen) atoms. The summed E-state index contributed by atoms with van der Waals surface area (Å²) in [5.74, 6) is 1.25. The molecule has 232 valence electrons. The van der Waals surface area contributed by atoms with Gasteiger partial charge in [-0.3, -0.25) is 0 Å². The van der Waals surface area contributed by atoms with E-state index in [0.717, 1.165) is 22.3 Å². The molecule has 0 amide bonds. The zero-order valence-electron chi connectivity index (χ0n) is 24.4. The minimum atomic E-state index is -3.96. The van der Waals surface area contributed by atoms with Crippen LogP contribution in [0.4, 0.5) is 0 Å². The van der Waals surface area contributed by atoms with E-state index in [1.807, 2.05) is 48.5 Å². The van der Waals surface area contributed by atoms with Crippen molar-refractivity contribution in [2.45, 2.75) is 9.79 Å². The van der Waals surface area contributed by atoms with Gasteiger partial charge in [0.15, 0.2) is 0 Å². The van der Waals surface area contributed by atoms with Gasteiger partial charge in [0.05, 0.1) is 20.4 Å². The summed E-state index contributed by atoms with van der Waals surface area (Å²) >= 11 is 0. The van der Waals surface area contributed by atoms with Gasteiger partial charge in [-0.2, -0.15) is 0 Å². The fourth-order valence-corrected chi connectivity index (χ4v) is 10.6. The second kappa shape index (κ2) is 11.0. The SMILES string of the molecule is O=P1(Oc2ccc(S(=O)(=O)c3ccc(OP4(=O)Oc5ccccc5-c5ccccc54)cc3)cc2)Oc2ccccc2-c2ccccc21. The van der Waals surface area contributed by atoms with Crippen molar-refractivity contribution in [3.05, 3.63) is 146 Å². The van der Waals surface area contributed by atoms with Gasteiger partial charge in [-0.15, -0.1) is 0 Å². The van der Waals surface area contributed by atoms with Gasteiger partial charge in [-0.05, 0) is 72.8 Å². The first kappa shape index (κ1) is 29.3. The van der Waals surface area contributed by atoms with Crippen LogP contribution < -0.4 is 28.7 Å². The molecule has 2 aliphatic heterocycles. The van der Waals surface area contributed by atoms with Crippen LogP contribution in [0.5, 0.6) is 23.0 Å². The molecular formula is C36H24O8P2S. The highest BCUT2D eigenvalue weighted by Crippen LogP contribution is 2.56. The van der Waals surface area contributed by atoms with Gasteiger partial charge in [-0.25, -0.2) is 17.5 Å². The van der Waals surface area contributed by atoms with Crippen molar-refractivity contribution in [3.63, 3.8) is 0 Å². The second-order valence-electron chi connectivity index (χ2n) is 10.8. The third-order valence-corrected chi connectivity index (χ3v) is 13.4. The smallest absolute Gasteiger partial charge is 0.413 e. The van der Waals surface area contributed by atoms with Crippen molar-refractivity contribution >= 4 is 35.6 Å². The zero-order valence-corrected chi connectivity index (χ0v) is 27.0. The van der Waals surface area contributed by atoms with Gasteiger partial charge in [0.1, 0.15) is 23.0 Å². The molecule has 8 rings (SSSR count). The lowest BCUT2D eigenvalue weighted by Gasteiger charge is -2.28. The summed E-state index contributed by atoms with van der Waals surface area (Å²) in [7, 11) is -11.6. The van der Waals surface area contributed by atoms with Crippen molar-refractivity contribution in [1.82, 2.24) is 0 Å². The highest BCUT2D eigenvalue weighted by Gasteiger charge is 2.40. The maximum absolute atomic E-state index is 14.0. The average Bonchev–Trinajstić information content (AvgIpc) is 3.09. The van der Waals surface area contributed by atoms with E-state index >= 15 is 0 Å². The predicted octanol–water partition coefficient (Wildman–Crippen LogP) is 8.43. The van der Waals surface area contributed by atoms with Crippen LogP contribution in [-0.2, 0) is 19.0 Å². The van der Waals surface area contributed by atoms with Crippen LogP contribution in [0, 0.1) is 0 Å². The Morgan fingerprint density at radius 1 is 0.426 bits per heavy atom. The molecular weight excluding hydrogens is 654 g/mol. The van der Waals surface area contributed by atoms with Crippen LogP contribution in [0.3, 0.4) is 0 Å². The first-order chi connectivity index (χ1) is 22.7. The molecule has 0 aliphatic carbocycles. The lowest BCUT2D eigenvalue weighted by Crippen LogP contribution is -2.21. The van der Waals surface area contributed by atoms with Crippen LogP contribution in [0.1, 0.15) is 0 Å². The van der Waals surface area contributed by atoms with Gasteiger partial charge in [-0.1, -0.05) is 72.8 Å². The number of benzene rings is 6. The number of fused-ring (bicyclic) bond motifs is 6. The molecule has 2 heterocycles. The minimum Gasteiger partial charge on any atom is -0.413 e. The molecule has 0 aromatic heterocycles. The maximum Gasteiger partial charge on any atom is 0.463 e. The molecule has 0 saturated carbocycles. The van der Waals surface area contributed by atoms with Crippen LogP contribution in [-0.4, -0.2) is 8.42 Å². The maximum atomic E-state index is 14.0. The Labute approximate surface area is 271 Å². The Kier molecular flexibility index (Phi) is 6.88. The molecule has 0 fully saturated rings. The van der Waals surface area contributed by atoms with E-state index < -0.39 is 25.0 Å². The summed E-state index contributed by atoms with van der Waals surface area (Å²) in [5, 5.41) is 0.845. The van der Waals surface area contributed by atoms with Gasteiger partial charge in [0.25, 0.3) is 0 Å². The number of para-hydroxylation sites is 2. The third kappa shape index (κ3) is 5.04. The molecule has 6 aromatic rings. The molecule has 0 N–H and O–H groups in total. The van der Waals surface area contributed by atoms with Gasteiger partial charge in [0, 0.05) is 22.3 Å². The van der Waals surface area contributed by atoms with Crippen molar-refractivity contribution in [2.75, 3.05) is 0 Å². The summed E-state index contributed by atoms with van der Waals surface area (Å²) in [5.41, 5.74) is 3.12. The monoisotopic (exact) mass is 678 g/mol. The molecule has 8 nitrogen and oxygen atoms in total. The second-order valence-corrected chi connectivity index (χ2v) is 16.5. The van der Waals surface area contributed by atoms with E-state index in [9.17, 15) is 17.5 Å². The molecule has 2 unspecified atom stereocenters. The van der Waals surface area contributed by atoms with Crippen molar-refractivity contribution in [3.8, 4) is 45.3 Å². The van der Waals surface area contributed by atoms with Gasteiger partial charge >= 0.3 is 15.2 Å².